The van der Waals surface area contributed by atoms with Gasteiger partial charge in [-0.25, -0.2) is 15.8 Å². The molecule has 0 aliphatic rings. The summed E-state index contributed by atoms with van der Waals surface area (Å²) < 4.78 is 10.8. The molecule has 6 heteroatoms. The molecule has 0 bridgehead atoms. The normalized spacial score (nSPS) is 10.9. The van der Waals surface area contributed by atoms with Gasteiger partial charge in [0.15, 0.2) is 11.6 Å². The highest BCUT2D eigenvalue weighted by molar-refractivity contribution is 5.81. The summed E-state index contributed by atoms with van der Waals surface area (Å²) in [5.74, 6) is 7.01. The average Bonchev–Trinajstić information content (AvgIpc) is 2.91. The summed E-state index contributed by atoms with van der Waals surface area (Å²) in [6.45, 7) is 0.379. The van der Waals surface area contributed by atoms with E-state index in [4.69, 9.17) is 15.0 Å². The molecule has 6 nitrogen and oxygen atoms in total. The molecule has 0 saturated carbocycles. The number of hydrogen-bond donors (Lipinski definition) is 2. The summed E-state index contributed by atoms with van der Waals surface area (Å²) in [5, 5.41) is 1.01. The first kappa shape index (κ1) is 12.6. The largest absolute Gasteiger partial charge is 0.453 e. The molecule has 0 saturated heterocycles. The third-order valence-electron chi connectivity index (χ3n) is 2.87. The summed E-state index contributed by atoms with van der Waals surface area (Å²) in [4.78, 5) is 8.71. The fourth-order valence-electron chi connectivity index (χ4n) is 2.00. The number of nitrogens with two attached hydrogens (primary N) is 1. The second-order valence-corrected chi connectivity index (χ2v) is 4.29. The van der Waals surface area contributed by atoms with Gasteiger partial charge in [-0.3, -0.25) is 0 Å². The summed E-state index contributed by atoms with van der Waals surface area (Å²) in [6, 6.07) is 11.4. The number of hydrogen-bond acceptors (Lipinski definition) is 6. The highest BCUT2D eigenvalue weighted by atomic mass is 16.5. The molecule has 102 valence electrons. The van der Waals surface area contributed by atoms with E-state index in [0.717, 1.165) is 16.7 Å². The van der Waals surface area contributed by atoms with Crippen LogP contribution in [0, 0.1) is 0 Å². The number of hydrazine groups is 1. The van der Waals surface area contributed by atoms with E-state index in [1.165, 1.54) is 0 Å². The van der Waals surface area contributed by atoms with Crippen LogP contribution >= 0.6 is 0 Å². The van der Waals surface area contributed by atoms with Gasteiger partial charge in [0.1, 0.15) is 11.4 Å². The van der Waals surface area contributed by atoms with E-state index in [1.807, 2.05) is 30.3 Å². The quantitative estimate of drug-likeness (QED) is 0.559. The van der Waals surface area contributed by atoms with Crippen LogP contribution in [0.1, 0.15) is 5.69 Å². The number of rotatable bonds is 4. The fraction of sp³-hybridized carbons (Fsp3) is 0.143. The van der Waals surface area contributed by atoms with E-state index in [9.17, 15) is 0 Å². The van der Waals surface area contributed by atoms with Crippen molar-refractivity contribution >= 4 is 16.8 Å². The Morgan fingerprint density at radius 2 is 2.10 bits per heavy atom. The predicted molar refractivity (Wildman–Crippen MR) is 75.8 cm³/mol. The Hall–Kier alpha value is -2.44. The van der Waals surface area contributed by atoms with E-state index in [0.29, 0.717) is 24.0 Å². The van der Waals surface area contributed by atoms with E-state index >= 15 is 0 Å². The molecular formula is C14H14N4O2. The molecular weight excluding hydrogens is 256 g/mol. The fourth-order valence-corrected chi connectivity index (χ4v) is 2.00. The average molecular weight is 270 g/mol. The summed E-state index contributed by atoms with van der Waals surface area (Å²) in [7, 11) is 1.61. The molecule has 3 aromatic rings. The van der Waals surface area contributed by atoms with Crippen LogP contribution in [0.2, 0.25) is 0 Å². The van der Waals surface area contributed by atoms with Crippen molar-refractivity contribution in [3.8, 4) is 11.6 Å². The zero-order chi connectivity index (χ0) is 13.9. The first-order valence-corrected chi connectivity index (χ1v) is 6.12. The maximum atomic E-state index is 5.75. The Labute approximate surface area is 115 Å². The molecule has 0 fully saturated rings. The number of methoxy groups -OCH3 is 1. The maximum absolute atomic E-state index is 5.75. The number of aromatic nitrogens is 2. The zero-order valence-corrected chi connectivity index (χ0v) is 11.0. The molecule has 20 heavy (non-hydrogen) atoms. The van der Waals surface area contributed by atoms with Crippen molar-refractivity contribution in [3.05, 3.63) is 42.1 Å². The Kier molecular flexibility index (Phi) is 3.32. The van der Waals surface area contributed by atoms with Crippen molar-refractivity contribution in [1.82, 2.24) is 9.97 Å². The Morgan fingerprint density at radius 3 is 2.85 bits per heavy atom. The highest BCUT2D eigenvalue weighted by Gasteiger charge is 2.11. The second kappa shape index (κ2) is 5.28. The molecule has 3 N–H and O–H groups in total. The van der Waals surface area contributed by atoms with Crippen LogP contribution in [-0.2, 0) is 11.3 Å². The van der Waals surface area contributed by atoms with Gasteiger partial charge in [-0.05, 0) is 12.1 Å². The lowest BCUT2D eigenvalue weighted by atomic mass is 10.2. The van der Waals surface area contributed by atoms with E-state index in [1.54, 1.807) is 13.2 Å². The lowest BCUT2D eigenvalue weighted by Gasteiger charge is -2.05. The number of para-hydroxylation sites is 1. The molecule has 0 spiro atoms. The maximum Gasteiger partial charge on any atom is 0.198 e. The van der Waals surface area contributed by atoms with Crippen molar-refractivity contribution in [2.45, 2.75) is 6.61 Å². The number of nitrogens with one attached hydrogen (secondary N) is 1. The van der Waals surface area contributed by atoms with Gasteiger partial charge in [0.05, 0.1) is 12.3 Å². The summed E-state index contributed by atoms with van der Waals surface area (Å²) in [5.41, 5.74) is 4.05. The van der Waals surface area contributed by atoms with Crippen molar-refractivity contribution in [2.75, 3.05) is 12.5 Å². The van der Waals surface area contributed by atoms with Crippen LogP contribution in [-0.4, -0.2) is 17.1 Å². The number of benzene rings is 1. The number of ether oxygens (including phenoxy) is 1. The van der Waals surface area contributed by atoms with Gasteiger partial charge in [-0.2, -0.15) is 0 Å². The number of fused-ring (bicyclic) bond motifs is 1. The van der Waals surface area contributed by atoms with Crippen molar-refractivity contribution in [3.63, 3.8) is 0 Å². The van der Waals surface area contributed by atoms with Crippen LogP contribution in [0.3, 0.4) is 0 Å². The van der Waals surface area contributed by atoms with Crippen LogP contribution in [0.25, 0.3) is 22.6 Å². The topological polar surface area (TPSA) is 86.2 Å². The van der Waals surface area contributed by atoms with Crippen molar-refractivity contribution in [2.24, 2.45) is 5.84 Å². The Bertz CT molecular complexity index is 706. The van der Waals surface area contributed by atoms with Crippen molar-refractivity contribution < 1.29 is 9.15 Å². The van der Waals surface area contributed by atoms with Gasteiger partial charge in [-0.1, -0.05) is 18.2 Å². The summed E-state index contributed by atoms with van der Waals surface area (Å²) >= 11 is 0. The SMILES string of the molecule is COCc1cc(NN)nc(-c2cc3ccccc3o2)n1. The second-order valence-electron chi connectivity index (χ2n) is 4.29. The minimum absolute atomic E-state index is 0.379. The third kappa shape index (κ3) is 2.34. The minimum atomic E-state index is 0.379. The lowest BCUT2D eigenvalue weighted by molar-refractivity contribution is 0.181. The first-order chi connectivity index (χ1) is 9.80. The van der Waals surface area contributed by atoms with Crippen LogP contribution in [0.4, 0.5) is 5.82 Å². The summed E-state index contributed by atoms with van der Waals surface area (Å²) in [6.07, 6.45) is 0. The van der Waals surface area contributed by atoms with Gasteiger partial charge >= 0.3 is 0 Å². The molecule has 2 aromatic heterocycles. The predicted octanol–water partition coefficient (Wildman–Crippen LogP) is 2.32. The van der Waals surface area contributed by atoms with Crippen molar-refractivity contribution in [1.29, 1.82) is 0 Å². The molecule has 0 atom stereocenters. The van der Waals surface area contributed by atoms with Gasteiger partial charge in [0.2, 0.25) is 0 Å². The smallest absolute Gasteiger partial charge is 0.198 e. The van der Waals surface area contributed by atoms with Crippen LogP contribution in [0.5, 0.6) is 0 Å². The van der Waals surface area contributed by atoms with E-state index < -0.39 is 0 Å². The molecule has 0 radical (unpaired) electrons. The number of nitrogens with zero attached hydrogens (tertiary/aromatic N) is 2. The minimum Gasteiger partial charge on any atom is -0.453 e. The van der Waals surface area contributed by atoms with Gasteiger partial charge in [0.25, 0.3) is 0 Å². The van der Waals surface area contributed by atoms with E-state index in [-0.39, 0.29) is 0 Å². The van der Waals surface area contributed by atoms with Crippen LogP contribution < -0.4 is 11.3 Å². The highest BCUT2D eigenvalue weighted by Crippen LogP contribution is 2.26. The molecule has 1 aromatic carbocycles. The van der Waals surface area contributed by atoms with Gasteiger partial charge in [0, 0.05) is 18.6 Å². The van der Waals surface area contributed by atoms with Crippen LogP contribution in [0.15, 0.2) is 40.8 Å². The monoisotopic (exact) mass is 270 g/mol. The Balaban J connectivity index is 2.09. The third-order valence-corrected chi connectivity index (χ3v) is 2.87. The van der Waals surface area contributed by atoms with Gasteiger partial charge in [-0.15, -0.1) is 0 Å². The van der Waals surface area contributed by atoms with Gasteiger partial charge < -0.3 is 14.6 Å². The molecule has 3 rings (SSSR count). The molecule has 0 aliphatic heterocycles. The molecule has 2 heterocycles. The number of furan rings is 1. The molecule has 0 unspecified atom stereocenters. The zero-order valence-electron chi connectivity index (χ0n) is 11.0. The first-order valence-electron chi connectivity index (χ1n) is 6.12. The number of anilines is 1. The standard InChI is InChI=1S/C14H14N4O2/c1-19-8-10-7-13(18-15)17-14(16-10)12-6-9-4-2-3-5-11(9)20-12/h2-7H,8,15H2,1H3,(H,16,17,18). The van der Waals surface area contributed by atoms with E-state index in [2.05, 4.69) is 15.4 Å². The molecule has 0 aliphatic carbocycles. The number of nitrogen functional groups attached to an aromatic ring is 1. The Morgan fingerprint density at radius 1 is 1.25 bits per heavy atom. The molecule has 0 amide bonds. The lowest BCUT2D eigenvalue weighted by Crippen LogP contribution is -2.10.